The molecule has 2 atom stereocenters. The highest BCUT2D eigenvalue weighted by Gasteiger charge is 2.25. The number of hydrogen-bond acceptors (Lipinski definition) is 2. The lowest BCUT2D eigenvalue weighted by molar-refractivity contribution is 0.0677. The van der Waals surface area contributed by atoms with E-state index in [1.807, 2.05) is 6.07 Å². The van der Waals surface area contributed by atoms with Crippen molar-refractivity contribution in [3.63, 3.8) is 0 Å². The van der Waals surface area contributed by atoms with Crippen molar-refractivity contribution in [3.8, 4) is 0 Å². The van der Waals surface area contributed by atoms with Crippen molar-refractivity contribution in [2.24, 2.45) is 11.8 Å². The van der Waals surface area contributed by atoms with Crippen molar-refractivity contribution in [1.82, 2.24) is 0 Å². The van der Waals surface area contributed by atoms with Crippen molar-refractivity contribution >= 4 is 8.32 Å². The Bertz CT molecular complexity index is 462. The highest BCUT2D eigenvalue weighted by Crippen LogP contribution is 2.31. The molecule has 2 nitrogen and oxygen atoms in total. The largest absolute Gasteiger partial charge is 0.548 e. The van der Waals surface area contributed by atoms with Gasteiger partial charge in [0.25, 0.3) is 0 Å². The van der Waals surface area contributed by atoms with E-state index >= 15 is 0 Å². The molecule has 0 aromatic heterocycles. The lowest BCUT2D eigenvalue weighted by Gasteiger charge is -2.31. The van der Waals surface area contributed by atoms with Crippen LogP contribution in [0.15, 0.2) is 42.2 Å². The molecule has 0 spiro atoms. The first kappa shape index (κ1) is 16.3. The van der Waals surface area contributed by atoms with Gasteiger partial charge in [-0.15, -0.1) is 0 Å². The molecule has 1 aromatic rings. The molecule has 0 N–H and O–H groups in total. The minimum atomic E-state index is -1.47. The Morgan fingerprint density at radius 3 is 2.48 bits per heavy atom. The summed E-state index contributed by atoms with van der Waals surface area (Å²) in [7, 11) is -1.47. The van der Waals surface area contributed by atoms with E-state index < -0.39 is 8.32 Å². The molecular weight excluding hydrogens is 276 g/mol. The van der Waals surface area contributed by atoms with Gasteiger partial charge in [0.2, 0.25) is 8.32 Å². The molecule has 0 bridgehead atoms. The van der Waals surface area contributed by atoms with Crippen LogP contribution in [0.3, 0.4) is 0 Å². The van der Waals surface area contributed by atoms with E-state index in [0.29, 0.717) is 18.4 Å². The van der Waals surface area contributed by atoms with Crippen molar-refractivity contribution < 1.29 is 9.16 Å². The molecule has 0 radical (unpaired) electrons. The second-order valence-electron chi connectivity index (χ2n) is 7.01. The zero-order valence-corrected chi connectivity index (χ0v) is 14.8. The molecule has 1 aromatic carbocycles. The third kappa shape index (κ3) is 5.68. The Labute approximate surface area is 130 Å². The van der Waals surface area contributed by atoms with Crippen LogP contribution in [0, 0.1) is 11.8 Å². The van der Waals surface area contributed by atoms with Gasteiger partial charge in [-0.1, -0.05) is 37.3 Å². The van der Waals surface area contributed by atoms with Gasteiger partial charge < -0.3 is 9.16 Å². The summed E-state index contributed by atoms with van der Waals surface area (Å²) in [4.78, 5) is 0. The van der Waals surface area contributed by atoms with Crippen molar-refractivity contribution in [3.05, 3.63) is 47.7 Å². The van der Waals surface area contributed by atoms with Crippen LogP contribution >= 0.6 is 0 Å². The molecule has 116 valence electrons. The molecule has 0 fully saturated rings. The SMILES string of the molecule is CC1C=C(O[Si](C)(C)C)CC[C@H]1COCc1ccccc1. The van der Waals surface area contributed by atoms with Crippen molar-refractivity contribution in [1.29, 1.82) is 0 Å². The monoisotopic (exact) mass is 304 g/mol. The van der Waals surface area contributed by atoms with Crippen LogP contribution in [0.25, 0.3) is 0 Å². The lowest BCUT2D eigenvalue weighted by Crippen LogP contribution is -2.28. The van der Waals surface area contributed by atoms with Crippen LogP contribution in [-0.4, -0.2) is 14.9 Å². The van der Waals surface area contributed by atoms with Crippen LogP contribution in [0.5, 0.6) is 0 Å². The number of rotatable bonds is 6. The summed E-state index contributed by atoms with van der Waals surface area (Å²) >= 11 is 0. The van der Waals surface area contributed by atoms with Crippen molar-refractivity contribution in [2.75, 3.05) is 6.61 Å². The van der Waals surface area contributed by atoms with E-state index in [4.69, 9.17) is 9.16 Å². The molecular formula is C18H28O2Si. The first-order valence-electron chi connectivity index (χ1n) is 7.95. The molecule has 0 heterocycles. The molecule has 0 saturated carbocycles. The van der Waals surface area contributed by atoms with Gasteiger partial charge in [0.05, 0.1) is 19.0 Å². The van der Waals surface area contributed by atoms with E-state index in [0.717, 1.165) is 13.0 Å². The first-order chi connectivity index (χ1) is 9.94. The highest BCUT2D eigenvalue weighted by molar-refractivity contribution is 6.70. The van der Waals surface area contributed by atoms with Gasteiger partial charge in [0.15, 0.2) is 0 Å². The van der Waals surface area contributed by atoms with Gasteiger partial charge in [-0.05, 0) is 49.5 Å². The summed E-state index contributed by atoms with van der Waals surface area (Å²) in [6.45, 7) is 10.6. The van der Waals surface area contributed by atoms with Crippen LogP contribution in [0.2, 0.25) is 19.6 Å². The van der Waals surface area contributed by atoms with Gasteiger partial charge in [0.1, 0.15) is 0 Å². The quantitative estimate of drug-likeness (QED) is 0.690. The molecule has 2 rings (SSSR count). The first-order valence-corrected chi connectivity index (χ1v) is 11.4. The summed E-state index contributed by atoms with van der Waals surface area (Å²) in [6.07, 6.45) is 4.55. The van der Waals surface area contributed by atoms with E-state index in [1.165, 1.54) is 17.7 Å². The number of benzene rings is 1. The smallest absolute Gasteiger partial charge is 0.241 e. The predicted octanol–water partition coefficient (Wildman–Crippen LogP) is 4.98. The highest BCUT2D eigenvalue weighted by atomic mass is 28.4. The fraction of sp³-hybridized carbons (Fsp3) is 0.556. The van der Waals surface area contributed by atoms with Gasteiger partial charge in [-0.3, -0.25) is 0 Å². The minimum absolute atomic E-state index is 0.542. The van der Waals surface area contributed by atoms with E-state index in [1.54, 1.807) is 0 Å². The maximum Gasteiger partial charge on any atom is 0.241 e. The van der Waals surface area contributed by atoms with Crippen LogP contribution < -0.4 is 0 Å². The molecule has 0 aliphatic heterocycles. The molecule has 1 aliphatic carbocycles. The van der Waals surface area contributed by atoms with E-state index in [-0.39, 0.29) is 0 Å². The summed E-state index contributed by atoms with van der Waals surface area (Å²) in [6, 6.07) is 10.4. The molecule has 3 heteroatoms. The standard InChI is InChI=1S/C18H28O2Si/c1-15-12-18(20-21(2,3)4)11-10-17(15)14-19-13-16-8-6-5-7-9-16/h5-9,12,15,17H,10-11,13-14H2,1-4H3/t15?,17-/m0/s1. The molecule has 21 heavy (non-hydrogen) atoms. The average Bonchev–Trinajstić information content (AvgIpc) is 2.41. The Hall–Kier alpha value is -1.06. The molecule has 0 amide bonds. The fourth-order valence-electron chi connectivity index (χ4n) is 2.72. The second kappa shape index (κ2) is 7.28. The maximum absolute atomic E-state index is 6.13. The number of ether oxygens (including phenoxy) is 1. The zero-order valence-electron chi connectivity index (χ0n) is 13.8. The number of hydrogen-bond donors (Lipinski definition) is 0. The average molecular weight is 305 g/mol. The maximum atomic E-state index is 6.13. The molecule has 1 aliphatic rings. The van der Waals surface area contributed by atoms with Gasteiger partial charge >= 0.3 is 0 Å². The van der Waals surface area contributed by atoms with E-state index in [9.17, 15) is 0 Å². The summed E-state index contributed by atoms with van der Waals surface area (Å²) in [5.41, 5.74) is 1.25. The normalized spacial score (nSPS) is 22.8. The van der Waals surface area contributed by atoms with Gasteiger partial charge in [0, 0.05) is 6.42 Å². The minimum Gasteiger partial charge on any atom is -0.548 e. The van der Waals surface area contributed by atoms with Gasteiger partial charge in [-0.25, -0.2) is 0 Å². The van der Waals surface area contributed by atoms with Crippen molar-refractivity contribution in [2.45, 2.75) is 46.0 Å². The zero-order chi connectivity index (χ0) is 15.3. The fourth-order valence-corrected chi connectivity index (χ4v) is 3.68. The number of allylic oxidation sites excluding steroid dienone is 2. The second-order valence-corrected chi connectivity index (χ2v) is 11.4. The Morgan fingerprint density at radius 1 is 1.14 bits per heavy atom. The van der Waals surface area contributed by atoms with Crippen LogP contribution in [0.4, 0.5) is 0 Å². The van der Waals surface area contributed by atoms with Crippen LogP contribution in [0.1, 0.15) is 25.3 Å². The molecule has 1 unspecified atom stereocenters. The molecule has 0 saturated heterocycles. The summed E-state index contributed by atoms with van der Waals surface area (Å²) in [5.74, 6) is 2.37. The lowest BCUT2D eigenvalue weighted by atomic mass is 9.85. The summed E-state index contributed by atoms with van der Waals surface area (Å²) < 4.78 is 12.0. The Balaban J connectivity index is 1.78. The predicted molar refractivity (Wildman–Crippen MR) is 90.5 cm³/mol. The Morgan fingerprint density at radius 2 is 1.86 bits per heavy atom. The van der Waals surface area contributed by atoms with Crippen LogP contribution in [-0.2, 0) is 15.8 Å². The third-order valence-electron chi connectivity index (χ3n) is 3.83. The Kier molecular flexibility index (Phi) is 5.65. The summed E-state index contributed by atoms with van der Waals surface area (Å²) in [5, 5.41) is 0. The van der Waals surface area contributed by atoms with E-state index in [2.05, 4.69) is 56.9 Å². The third-order valence-corrected chi connectivity index (χ3v) is 4.71. The topological polar surface area (TPSA) is 18.5 Å². The van der Waals surface area contributed by atoms with Gasteiger partial charge in [-0.2, -0.15) is 0 Å².